The van der Waals surface area contributed by atoms with Gasteiger partial charge in [0.25, 0.3) is 10.0 Å². The molecule has 2 aromatic rings. The van der Waals surface area contributed by atoms with E-state index in [1.165, 1.54) is 51.5 Å². The van der Waals surface area contributed by atoms with Crippen LogP contribution in [0.2, 0.25) is 0 Å². The Balaban J connectivity index is 1.93. The maximum absolute atomic E-state index is 12.8. The highest BCUT2D eigenvalue weighted by Crippen LogP contribution is 2.32. The number of sulfonamides is 2. The van der Waals surface area contributed by atoms with Crippen LogP contribution in [0.4, 0.5) is 11.4 Å². The average molecular weight is 440 g/mol. The van der Waals surface area contributed by atoms with E-state index in [0.29, 0.717) is 17.1 Å². The molecular formula is C18H20N2O7S2. The van der Waals surface area contributed by atoms with Gasteiger partial charge in [-0.25, -0.2) is 21.1 Å². The molecule has 0 bridgehead atoms. The quantitative estimate of drug-likeness (QED) is 0.728. The summed E-state index contributed by atoms with van der Waals surface area (Å²) >= 11 is 0. The second kappa shape index (κ2) is 7.56. The van der Waals surface area contributed by atoms with Crippen LogP contribution >= 0.6 is 0 Å². The van der Waals surface area contributed by atoms with Crippen LogP contribution in [0, 0.1) is 6.92 Å². The van der Waals surface area contributed by atoms with Gasteiger partial charge in [-0.2, -0.15) is 0 Å². The van der Waals surface area contributed by atoms with Crippen LogP contribution < -0.4 is 18.5 Å². The summed E-state index contributed by atoms with van der Waals surface area (Å²) in [4.78, 5) is 11.9. The van der Waals surface area contributed by atoms with E-state index >= 15 is 0 Å². The fraction of sp³-hybridized carbons (Fsp3) is 0.278. The second-order valence-corrected chi connectivity index (χ2v) is 9.94. The molecule has 156 valence electrons. The van der Waals surface area contributed by atoms with Gasteiger partial charge in [0.15, 0.2) is 11.5 Å². The zero-order valence-electron chi connectivity index (χ0n) is 16.0. The lowest BCUT2D eigenvalue weighted by atomic mass is 10.2. The summed E-state index contributed by atoms with van der Waals surface area (Å²) in [7, 11) is -4.79. The van der Waals surface area contributed by atoms with Crippen LogP contribution in [-0.2, 0) is 24.8 Å². The highest BCUT2D eigenvalue weighted by atomic mass is 32.2. The fourth-order valence-corrected chi connectivity index (χ4v) is 5.77. The van der Waals surface area contributed by atoms with Crippen molar-refractivity contribution in [3.63, 3.8) is 0 Å². The third kappa shape index (κ3) is 4.01. The van der Waals surface area contributed by atoms with E-state index in [4.69, 9.17) is 9.47 Å². The first-order chi connectivity index (χ1) is 13.6. The number of aryl methyl sites for hydroxylation is 1. The summed E-state index contributed by atoms with van der Waals surface area (Å²) in [5, 5.41) is 0. The van der Waals surface area contributed by atoms with Crippen LogP contribution in [-0.4, -0.2) is 42.7 Å². The van der Waals surface area contributed by atoms with Crippen molar-refractivity contribution in [2.75, 3.05) is 29.0 Å². The number of carbonyl (C=O) groups is 1. The van der Waals surface area contributed by atoms with Gasteiger partial charge in [0.2, 0.25) is 15.9 Å². The predicted octanol–water partition coefficient (Wildman–Crippen LogP) is 1.88. The number of nitrogens with one attached hydrogen (secondary N) is 1. The Hall–Kier alpha value is -2.79. The minimum absolute atomic E-state index is 0.0416. The monoisotopic (exact) mass is 440 g/mol. The van der Waals surface area contributed by atoms with E-state index in [1.54, 1.807) is 6.07 Å². The minimum atomic E-state index is -3.97. The smallest absolute Gasteiger partial charge is 0.262 e. The van der Waals surface area contributed by atoms with Crippen molar-refractivity contribution in [3.05, 3.63) is 42.0 Å². The first-order valence-electron chi connectivity index (χ1n) is 8.50. The molecule has 29 heavy (non-hydrogen) atoms. The minimum Gasteiger partial charge on any atom is -0.493 e. The van der Waals surface area contributed by atoms with Gasteiger partial charge in [-0.1, -0.05) is 0 Å². The molecule has 1 heterocycles. The van der Waals surface area contributed by atoms with Crippen molar-refractivity contribution in [1.82, 2.24) is 0 Å². The summed E-state index contributed by atoms with van der Waals surface area (Å²) in [5.74, 6) is 0.0136. The summed E-state index contributed by atoms with van der Waals surface area (Å²) in [5.41, 5.74) is 0.684. The van der Waals surface area contributed by atoms with Crippen molar-refractivity contribution in [2.24, 2.45) is 0 Å². The predicted molar refractivity (Wildman–Crippen MR) is 107 cm³/mol. The summed E-state index contributed by atoms with van der Waals surface area (Å²) < 4.78 is 63.3. The topological polar surface area (TPSA) is 119 Å². The molecule has 1 fully saturated rings. The van der Waals surface area contributed by atoms with Crippen LogP contribution in [0.1, 0.15) is 12.0 Å². The first-order valence-corrected chi connectivity index (χ1v) is 11.6. The Morgan fingerprint density at radius 1 is 1.03 bits per heavy atom. The van der Waals surface area contributed by atoms with Crippen molar-refractivity contribution < 1.29 is 31.1 Å². The summed E-state index contributed by atoms with van der Waals surface area (Å²) in [6.45, 7) is 1.53. The molecule has 0 unspecified atom stereocenters. The normalized spacial score (nSPS) is 16.0. The van der Waals surface area contributed by atoms with Gasteiger partial charge >= 0.3 is 0 Å². The molecule has 1 saturated heterocycles. The second-order valence-electron chi connectivity index (χ2n) is 6.35. The van der Waals surface area contributed by atoms with Gasteiger partial charge in [-0.3, -0.25) is 9.52 Å². The third-order valence-electron chi connectivity index (χ3n) is 4.40. The number of hydrogen-bond donors (Lipinski definition) is 1. The zero-order valence-corrected chi connectivity index (χ0v) is 17.6. The molecule has 11 heteroatoms. The average Bonchev–Trinajstić information content (AvgIpc) is 2.93. The maximum atomic E-state index is 12.8. The van der Waals surface area contributed by atoms with Gasteiger partial charge < -0.3 is 9.47 Å². The number of nitrogens with zero attached hydrogens (tertiary/aromatic N) is 1. The fourth-order valence-electron chi connectivity index (χ4n) is 3.04. The van der Waals surface area contributed by atoms with Crippen LogP contribution in [0.25, 0.3) is 0 Å². The van der Waals surface area contributed by atoms with E-state index in [1.807, 2.05) is 0 Å². The number of anilines is 2. The van der Waals surface area contributed by atoms with Crippen LogP contribution in [0.5, 0.6) is 11.5 Å². The van der Waals surface area contributed by atoms with Crippen LogP contribution in [0.15, 0.2) is 41.3 Å². The SMILES string of the molecule is COc1ccc(NS(=O)(=O)c2ccc(N3C(=O)CCS3(=O)=O)cc2C)cc1OC. The largest absolute Gasteiger partial charge is 0.493 e. The molecule has 0 radical (unpaired) electrons. The Morgan fingerprint density at radius 2 is 1.72 bits per heavy atom. The molecule has 1 aliphatic rings. The lowest BCUT2D eigenvalue weighted by Crippen LogP contribution is -2.29. The number of ether oxygens (including phenoxy) is 2. The molecule has 2 aromatic carbocycles. The van der Waals surface area contributed by atoms with Gasteiger partial charge in [-0.05, 0) is 42.8 Å². The molecule has 1 amide bonds. The number of methoxy groups -OCH3 is 2. The van der Waals surface area contributed by atoms with Gasteiger partial charge in [-0.15, -0.1) is 0 Å². The van der Waals surface area contributed by atoms with E-state index in [9.17, 15) is 21.6 Å². The van der Waals surface area contributed by atoms with Gasteiger partial charge in [0.1, 0.15) is 0 Å². The lowest BCUT2D eigenvalue weighted by Gasteiger charge is -2.17. The van der Waals surface area contributed by atoms with Crippen molar-refractivity contribution in [2.45, 2.75) is 18.2 Å². The molecule has 1 aliphatic heterocycles. The maximum Gasteiger partial charge on any atom is 0.262 e. The van der Waals surface area contributed by atoms with E-state index < -0.39 is 26.0 Å². The molecule has 1 N–H and O–H groups in total. The first kappa shape index (κ1) is 20.9. The number of carbonyl (C=O) groups excluding carboxylic acids is 1. The Kier molecular flexibility index (Phi) is 5.46. The molecule has 0 aliphatic carbocycles. The standard InChI is InChI=1S/C18H20N2O7S2/c1-12-10-14(20-18(21)8-9-28(20,22)23)5-7-17(12)29(24,25)19-13-4-6-15(26-2)16(11-13)27-3/h4-7,10-11,19H,8-9H2,1-3H3. The third-order valence-corrected chi connectivity index (χ3v) is 7.63. The van der Waals surface area contributed by atoms with E-state index in [0.717, 1.165) is 4.31 Å². The van der Waals surface area contributed by atoms with Crippen molar-refractivity contribution >= 4 is 37.3 Å². The molecule has 0 aromatic heterocycles. The number of amides is 1. The summed E-state index contributed by atoms with van der Waals surface area (Å²) in [6.07, 6.45) is -0.0950. The number of hydrogen-bond acceptors (Lipinski definition) is 7. The van der Waals surface area contributed by atoms with E-state index in [-0.39, 0.29) is 28.4 Å². The Morgan fingerprint density at radius 3 is 2.28 bits per heavy atom. The van der Waals surface area contributed by atoms with Crippen molar-refractivity contribution in [1.29, 1.82) is 0 Å². The zero-order chi connectivity index (χ0) is 21.4. The van der Waals surface area contributed by atoms with Gasteiger partial charge in [0.05, 0.1) is 36.2 Å². The van der Waals surface area contributed by atoms with Crippen LogP contribution in [0.3, 0.4) is 0 Å². The number of benzene rings is 2. The molecular weight excluding hydrogens is 420 g/mol. The summed E-state index contributed by atoms with van der Waals surface area (Å²) in [6, 6.07) is 8.51. The molecule has 0 atom stereocenters. The van der Waals surface area contributed by atoms with Crippen molar-refractivity contribution in [3.8, 4) is 11.5 Å². The highest BCUT2D eigenvalue weighted by Gasteiger charge is 2.36. The van der Waals surface area contributed by atoms with E-state index in [2.05, 4.69) is 4.72 Å². The Labute approximate surface area is 169 Å². The Bertz CT molecular complexity index is 1170. The molecule has 3 rings (SSSR count). The van der Waals surface area contributed by atoms with Gasteiger partial charge in [0, 0.05) is 12.5 Å². The molecule has 0 spiro atoms. The molecule has 9 nitrogen and oxygen atoms in total. The number of rotatable bonds is 6. The lowest BCUT2D eigenvalue weighted by molar-refractivity contribution is -0.116. The highest BCUT2D eigenvalue weighted by molar-refractivity contribution is 7.94. The molecule has 0 saturated carbocycles.